The van der Waals surface area contributed by atoms with Crippen LogP contribution in [0.15, 0.2) is 17.5 Å². The van der Waals surface area contributed by atoms with Crippen LogP contribution in [0.4, 0.5) is 4.39 Å². The van der Waals surface area contributed by atoms with Gasteiger partial charge >= 0.3 is 0 Å². The van der Waals surface area contributed by atoms with E-state index in [4.69, 9.17) is 11.6 Å². The SMILES string of the molecule is Cc1cc(C(Cl)c2sccc2F)c(C)s1. The number of alkyl halides is 1. The predicted octanol–water partition coefficient (Wildman–Crippen LogP) is 4.89. The van der Waals surface area contributed by atoms with Crippen LogP contribution in [0.2, 0.25) is 0 Å². The monoisotopic (exact) mass is 260 g/mol. The molecule has 4 heteroatoms. The number of thiophene rings is 2. The van der Waals surface area contributed by atoms with Gasteiger partial charge in [-0.2, -0.15) is 0 Å². The van der Waals surface area contributed by atoms with Crippen LogP contribution >= 0.6 is 34.3 Å². The first-order chi connectivity index (χ1) is 7.09. The van der Waals surface area contributed by atoms with Gasteiger partial charge in [-0.3, -0.25) is 0 Å². The third-order valence-electron chi connectivity index (χ3n) is 2.23. The van der Waals surface area contributed by atoms with Crippen molar-refractivity contribution < 1.29 is 4.39 Å². The average Bonchev–Trinajstić information content (AvgIpc) is 2.71. The minimum Gasteiger partial charge on any atom is -0.206 e. The molecular weight excluding hydrogens is 251 g/mol. The van der Waals surface area contributed by atoms with Gasteiger partial charge in [-0.15, -0.1) is 34.3 Å². The van der Waals surface area contributed by atoms with E-state index in [0.717, 1.165) is 5.56 Å². The van der Waals surface area contributed by atoms with E-state index in [2.05, 4.69) is 0 Å². The molecule has 0 saturated heterocycles. The fourth-order valence-electron chi connectivity index (χ4n) is 1.53. The van der Waals surface area contributed by atoms with Crippen molar-refractivity contribution in [2.45, 2.75) is 19.2 Å². The topological polar surface area (TPSA) is 0 Å². The summed E-state index contributed by atoms with van der Waals surface area (Å²) in [6, 6.07) is 3.50. The molecule has 0 radical (unpaired) electrons. The maximum Gasteiger partial charge on any atom is 0.138 e. The van der Waals surface area contributed by atoms with Gasteiger partial charge in [-0.25, -0.2) is 4.39 Å². The molecule has 0 N–H and O–H groups in total. The Morgan fingerprint density at radius 3 is 2.60 bits per heavy atom. The minimum atomic E-state index is -0.352. The van der Waals surface area contributed by atoms with E-state index in [1.807, 2.05) is 19.9 Å². The lowest BCUT2D eigenvalue weighted by atomic mass is 10.1. The Morgan fingerprint density at radius 1 is 1.40 bits per heavy atom. The molecule has 0 aliphatic carbocycles. The molecule has 0 aliphatic heterocycles. The largest absolute Gasteiger partial charge is 0.206 e. The van der Waals surface area contributed by atoms with Crippen molar-refractivity contribution >= 4 is 34.3 Å². The summed E-state index contributed by atoms with van der Waals surface area (Å²) in [5.74, 6) is -0.205. The molecule has 0 nitrogen and oxygen atoms in total. The minimum absolute atomic E-state index is 0.205. The second-order valence-corrected chi connectivity index (χ2v) is 6.21. The van der Waals surface area contributed by atoms with Crippen molar-refractivity contribution in [3.05, 3.63) is 43.5 Å². The highest BCUT2D eigenvalue weighted by atomic mass is 35.5. The lowest BCUT2D eigenvalue weighted by Gasteiger charge is -2.06. The van der Waals surface area contributed by atoms with E-state index in [9.17, 15) is 4.39 Å². The van der Waals surface area contributed by atoms with E-state index in [0.29, 0.717) is 4.88 Å². The zero-order valence-corrected chi connectivity index (χ0v) is 10.8. The highest BCUT2D eigenvalue weighted by Gasteiger charge is 2.19. The molecule has 0 saturated carbocycles. The molecule has 0 bridgehead atoms. The molecule has 0 aromatic carbocycles. The highest BCUT2D eigenvalue weighted by Crippen LogP contribution is 2.38. The fraction of sp³-hybridized carbons (Fsp3) is 0.273. The Bertz CT molecular complexity index is 473. The first kappa shape index (κ1) is 11.1. The van der Waals surface area contributed by atoms with Gasteiger partial charge in [0, 0.05) is 9.75 Å². The molecule has 2 aromatic heterocycles. The summed E-state index contributed by atoms with van der Waals surface area (Å²) < 4.78 is 13.4. The molecule has 2 aromatic rings. The Morgan fingerprint density at radius 2 is 2.13 bits per heavy atom. The Labute approximate surface area is 101 Å². The zero-order valence-electron chi connectivity index (χ0n) is 8.38. The first-order valence-electron chi connectivity index (χ1n) is 4.53. The molecule has 2 rings (SSSR count). The summed E-state index contributed by atoms with van der Waals surface area (Å²) in [5, 5.41) is 1.38. The summed E-state index contributed by atoms with van der Waals surface area (Å²) in [6.07, 6.45) is 0. The zero-order chi connectivity index (χ0) is 11.0. The number of hydrogen-bond donors (Lipinski definition) is 0. The Balaban J connectivity index is 2.40. The molecule has 1 atom stereocenters. The van der Waals surface area contributed by atoms with Crippen LogP contribution in [0.3, 0.4) is 0 Å². The van der Waals surface area contributed by atoms with Crippen LogP contribution < -0.4 is 0 Å². The van der Waals surface area contributed by atoms with Gasteiger partial charge in [0.25, 0.3) is 0 Å². The maximum absolute atomic E-state index is 13.4. The van der Waals surface area contributed by atoms with E-state index >= 15 is 0 Å². The highest BCUT2D eigenvalue weighted by molar-refractivity contribution is 7.12. The van der Waals surface area contributed by atoms with Gasteiger partial charge in [0.15, 0.2) is 0 Å². The summed E-state index contributed by atoms with van der Waals surface area (Å²) in [7, 11) is 0. The molecular formula is C11H10ClFS2. The quantitative estimate of drug-likeness (QED) is 0.674. The smallest absolute Gasteiger partial charge is 0.138 e. The number of rotatable bonds is 2. The summed E-state index contributed by atoms with van der Waals surface area (Å²) >= 11 is 9.34. The Hall–Kier alpha value is -0.380. The molecule has 0 fully saturated rings. The molecule has 1 unspecified atom stereocenters. The second kappa shape index (κ2) is 4.24. The molecule has 80 valence electrons. The van der Waals surface area contributed by atoms with Gasteiger partial charge in [-0.05, 0) is 36.9 Å². The average molecular weight is 261 g/mol. The Kier molecular flexibility index (Phi) is 3.14. The predicted molar refractivity (Wildman–Crippen MR) is 65.8 cm³/mol. The normalized spacial score (nSPS) is 13.1. The van der Waals surface area contributed by atoms with Gasteiger partial charge in [0.2, 0.25) is 0 Å². The van der Waals surface area contributed by atoms with Crippen molar-refractivity contribution in [1.29, 1.82) is 0 Å². The number of halogens is 2. The molecule has 0 aliphatic rings. The summed E-state index contributed by atoms with van der Waals surface area (Å²) in [5.41, 5.74) is 1.03. The van der Waals surface area contributed by atoms with Crippen LogP contribution in [0.5, 0.6) is 0 Å². The van der Waals surface area contributed by atoms with Gasteiger partial charge in [0.05, 0.1) is 10.3 Å². The number of hydrogen-bond acceptors (Lipinski definition) is 2. The first-order valence-corrected chi connectivity index (χ1v) is 6.66. The standard InChI is InChI=1S/C11H10ClFS2/c1-6-5-8(7(2)15-6)10(12)11-9(13)3-4-14-11/h3-5,10H,1-2H3. The van der Waals surface area contributed by atoms with Crippen LogP contribution in [0, 0.1) is 19.7 Å². The van der Waals surface area contributed by atoms with Crippen LogP contribution in [-0.2, 0) is 0 Å². The van der Waals surface area contributed by atoms with Crippen molar-refractivity contribution in [3.63, 3.8) is 0 Å². The third kappa shape index (κ3) is 2.10. The van der Waals surface area contributed by atoms with Crippen LogP contribution in [0.25, 0.3) is 0 Å². The molecule has 15 heavy (non-hydrogen) atoms. The summed E-state index contributed by atoms with van der Waals surface area (Å²) in [4.78, 5) is 2.99. The van der Waals surface area contributed by atoms with Crippen molar-refractivity contribution in [3.8, 4) is 0 Å². The molecule has 0 spiro atoms. The van der Waals surface area contributed by atoms with Crippen LogP contribution in [-0.4, -0.2) is 0 Å². The number of aryl methyl sites for hydroxylation is 2. The van der Waals surface area contributed by atoms with E-state index in [-0.39, 0.29) is 11.2 Å². The summed E-state index contributed by atoms with van der Waals surface area (Å²) in [6.45, 7) is 4.06. The van der Waals surface area contributed by atoms with Gasteiger partial charge in [0.1, 0.15) is 5.82 Å². The van der Waals surface area contributed by atoms with Gasteiger partial charge < -0.3 is 0 Å². The maximum atomic E-state index is 13.4. The lowest BCUT2D eigenvalue weighted by molar-refractivity contribution is 0.620. The second-order valence-electron chi connectivity index (χ2n) is 3.36. The van der Waals surface area contributed by atoms with E-state index in [1.165, 1.54) is 27.2 Å². The lowest BCUT2D eigenvalue weighted by Crippen LogP contribution is -1.92. The van der Waals surface area contributed by atoms with Crippen molar-refractivity contribution in [1.82, 2.24) is 0 Å². The molecule has 0 amide bonds. The van der Waals surface area contributed by atoms with Gasteiger partial charge in [-0.1, -0.05) is 0 Å². The van der Waals surface area contributed by atoms with Crippen molar-refractivity contribution in [2.75, 3.05) is 0 Å². The van der Waals surface area contributed by atoms with Crippen LogP contribution in [0.1, 0.15) is 25.6 Å². The fourth-order valence-corrected chi connectivity index (χ4v) is 3.80. The van der Waals surface area contributed by atoms with E-state index in [1.54, 1.807) is 16.7 Å². The molecule has 2 heterocycles. The van der Waals surface area contributed by atoms with Crippen molar-refractivity contribution in [2.24, 2.45) is 0 Å². The van der Waals surface area contributed by atoms with E-state index < -0.39 is 0 Å². The third-order valence-corrected chi connectivity index (χ3v) is 4.75.